The molecule has 5 aromatic rings. The van der Waals surface area contributed by atoms with Crippen LogP contribution in [-0.2, 0) is 19.2 Å². The van der Waals surface area contributed by atoms with Crippen LogP contribution in [0.3, 0.4) is 0 Å². The van der Waals surface area contributed by atoms with Crippen molar-refractivity contribution in [3.05, 3.63) is 177 Å². The molecule has 1 atom stereocenters. The van der Waals surface area contributed by atoms with Crippen LogP contribution in [0.4, 0.5) is 0 Å². The van der Waals surface area contributed by atoms with E-state index in [1.165, 1.54) is 41.5 Å². The van der Waals surface area contributed by atoms with Crippen molar-refractivity contribution >= 4 is 82.0 Å². The Kier molecular flexibility index (Phi) is 130. The zero-order valence-electron chi connectivity index (χ0n) is 59.4. The number of hydrogen-bond donors (Lipinski definition) is 15. The molecule has 0 aliphatic carbocycles. The minimum absolute atomic E-state index is 0. The van der Waals surface area contributed by atoms with Crippen molar-refractivity contribution < 1.29 is 67.1 Å². The highest BCUT2D eigenvalue weighted by atomic mass is 16.2. The van der Waals surface area contributed by atoms with Gasteiger partial charge in [-0.25, -0.2) is 0 Å². The van der Waals surface area contributed by atoms with Gasteiger partial charge in [0.25, 0.3) is 35.4 Å². The smallest absolute Gasteiger partial charge is 0.252 e. The summed E-state index contributed by atoms with van der Waals surface area (Å²) in [7, 11) is 13.9. The standard InChI is InChI=1S/C14H20N2O2.C11H15N3O2.3C11H14N2O2.2C6H12N2O2.18CH4/c1-10(8-15-3)9-16-14(18)13-6-4-12(5-7-13)11(2)17;1-12-7-14-11(16)9-5-3-8(4-6-9)10(15)13-2;2*1-8(14)9-3-5-10(6-4-9)11(15)13-7-12-2;1-8(14)9-4-3-5-10(6-9)11(15)13-7-12-2;2*1-5(9)3-6(10)8-4-7-2;;;;;;;;;;;;;;;;;;/h4-7,10,15H,8-9H2,1-3H3,(H,16,18);3-6,12H,7H2,1-2H3,(H,13,15)(H,14,16);3*3-6,12H,7H2,1-2H3,(H,13,15);2*7H,3-4H2,1-2H3,(H,8,10);18*1H4. The van der Waals surface area contributed by atoms with Gasteiger partial charge in [0.1, 0.15) is 11.6 Å². The molecule has 29 heteroatoms. The molecule has 0 saturated carbocycles. The van der Waals surface area contributed by atoms with E-state index in [-0.39, 0.29) is 228 Å². The van der Waals surface area contributed by atoms with E-state index in [0.717, 1.165) is 6.54 Å². The molecule has 29 nitrogen and oxygen atoms in total. The van der Waals surface area contributed by atoms with Crippen LogP contribution in [0.1, 0.15) is 299 Å². The molecule has 0 aromatic heterocycles. The minimum atomic E-state index is -0.234. The Morgan fingerprint density at radius 2 is 0.444 bits per heavy atom. The maximum absolute atomic E-state index is 11.8. The molecule has 0 heterocycles. The molecule has 1 unspecified atom stereocenters. The van der Waals surface area contributed by atoms with E-state index >= 15 is 0 Å². The number of carbonyl (C=O) groups is 14. The predicted molar refractivity (Wildman–Crippen MR) is 503 cm³/mol. The predicted octanol–water partition coefficient (Wildman–Crippen LogP) is 13.8. The van der Waals surface area contributed by atoms with Crippen LogP contribution in [0.15, 0.2) is 121 Å². The largest absolute Gasteiger partial charge is 0.355 e. The number of Topliss-reactive ketones (excluding diaryl/α,β-unsaturated/α-hetero) is 6. The molecule has 0 spiro atoms. The van der Waals surface area contributed by atoms with E-state index in [1.807, 2.05) is 7.05 Å². The monoisotopic (exact) mass is 1660 g/mol. The molecule has 5 rings (SSSR count). The van der Waals surface area contributed by atoms with Crippen molar-refractivity contribution in [1.82, 2.24) is 79.8 Å². The Labute approximate surface area is 712 Å². The highest BCUT2D eigenvalue weighted by Gasteiger charge is 2.12. The lowest BCUT2D eigenvalue weighted by molar-refractivity contribution is -0.128. The van der Waals surface area contributed by atoms with Crippen molar-refractivity contribution in [2.75, 3.05) is 109 Å². The fraction of sp³-hybridized carbons (Fsp3) is 0.500. The van der Waals surface area contributed by atoms with Gasteiger partial charge in [-0.15, -0.1) is 0 Å². The summed E-state index contributed by atoms with van der Waals surface area (Å²) < 4.78 is 0. The molecule has 8 amide bonds. The molecule has 15 N–H and O–H groups in total. The molecule has 117 heavy (non-hydrogen) atoms. The van der Waals surface area contributed by atoms with Crippen LogP contribution in [0.5, 0.6) is 0 Å². The molecule has 0 radical (unpaired) electrons. The molecule has 5 aromatic carbocycles. The summed E-state index contributed by atoms with van der Waals surface area (Å²) in [6.07, 6.45) is -0.0522. The van der Waals surface area contributed by atoms with Gasteiger partial charge in [-0.2, -0.15) is 0 Å². The minimum Gasteiger partial charge on any atom is -0.355 e. The summed E-state index contributed by atoms with van der Waals surface area (Å²) in [5, 5.41) is 40.8. The van der Waals surface area contributed by atoms with Gasteiger partial charge in [-0.1, -0.05) is 189 Å². The highest BCUT2D eigenvalue weighted by molar-refractivity contribution is 6.02. The summed E-state index contributed by atoms with van der Waals surface area (Å²) in [5.74, 6) is -1.29. The first-order valence-electron chi connectivity index (χ1n) is 31.2. The maximum atomic E-state index is 11.8. The number of rotatable bonds is 30. The van der Waals surface area contributed by atoms with Crippen LogP contribution in [0.2, 0.25) is 0 Å². The van der Waals surface area contributed by atoms with Gasteiger partial charge in [-0.3, -0.25) is 67.1 Å². The normalized spacial score (nSPS) is 8.44. The Morgan fingerprint density at radius 1 is 0.239 bits per heavy atom. The van der Waals surface area contributed by atoms with Crippen molar-refractivity contribution in [3.63, 3.8) is 0 Å². The van der Waals surface area contributed by atoms with Gasteiger partial charge in [0.15, 0.2) is 23.1 Å². The SMILES string of the molecule is C.C.C.C.C.C.C.C.C.C.C.C.C.C.C.C.C.C.CNCC(C)CNC(=O)c1ccc(C(C)=O)cc1.CNCNC(=O)CC(C)=O.CNCNC(=O)CC(C)=O.CNCNC(=O)c1ccc(C(=O)NC)cc1.CNCNC(=O)c1ccc(C(C)=O)cc1.CNCNC(=O)c1ccc(C(C)=O)cc1.CNCNC(=O)c1cccc(C(C)=O)c1. The third kappa shape index (κ3) is 76.7. The number of hydrogen-bond acceptors (Lipinski definition) is 21. The van der Waals surface area contributed by atoms with E-state index in [2.05, 4.69) is 86.7 Å². The van der Waals surface area contributed by atoms with Crippen LogP contribution in [0, 0.1) is 5.92 Å². The molecule has 0 fully saturated rings. The van der Waals surface area contributed by atoms with Crippen molar-refractivity contribution in [3.8, 4) is 0 Å². The van der Waals surface area contributed by atoms with Gasteiger partial charge in [0.05, 0.1) is 52.9 Å². The Morgan fingerprint density at radius 3 is 0.658 bits per heavy atom. The topological polar surface area (TPSA) is 419 Å². The second kappa shape index (κ2) is 96.2. The van der Waals surface area contributed by atoms with Crippen LogP contribution >= 0.6 is 0 Å². The number of amides is 8. The number of carbonyl (C=O) groups excluding carboxylic acids is 14. The average molecular weight is 1670 g/mol. The molecular weight excluding hydrogens is 1490 g/mol. The average Bonchev–Trinajstić information content (AvgIpc) is 0.902. The van der Waals surface area contributed by atoms with Gasteiger partial charge in [-0.05, 0) is 176 Å². The first kappa shape index (κ1) is 159. The van der Waals surface area contributed by atoms with Crippen LogP contribution in [-0.4, -0.2) is 191 Å². The van der Waals surface area contributed by atoms with E-state index in [1.54, 1.807) is 171 Å². The second-order valence-electron chi connectivity index (χ2n) is 21.2. The zero-order chi connectivity index (χ0) is 75.3. The molecule has 0 aliphatic rings. The van der Waals surface area contributed by atoms with E-state index in [0.29, 0.717) is 108 Å². The van der Waals surface area contributed by atoms with Gasteiger partial charge in [0.2, 0.25) is 11.8 Å². The third-order valence-corrected chi connectivity index (χ3v) is 12.4. The Hall–Kier alpha value is -10.4. The molecule has 0 aliphatic heterocycles. The molecular formula is C88H173N15O14. The number of nitrogens with one attached hydrogen (secondary N) is 15. The first-order valence-corrected chi connectivity index (χ1v) is 31.2. The summed E-state index contributed by atoms with van der Waals surface area (Å²) in [6, 6.07) is 33.0. The quantitative estimate of drug-likeness (QED) is 0.0115. The fourth-order valence-electron chi connectivity index (χ4n) is 7.19. The summed E-state index contributed by atoms with van der Waals surface area (Å²) >= 11 is 0. The Balaban J connectivity index is -0.0000000512. The lowest BCUT2D eigenvalue weighted by atomic mass is 10.1. The molecule has 0 bridgehead atoms. The fourth-order valence-corrected chi connectivity index (χ4v) is 7.19. The first-order chi connectivity index (χ1) is 47.0. The third-order valence-electron chi connectivity index (χ3n) is 12.4. The number of ketones is 6. The van der Waals surface area contributed by atoms with Crippen molar-refractivity contribution in [2.24, 2.45) is 5.92 Å². The van der Waals surface area contributed by atoms with Gasteiger partial charge >= 0.3 is 0 Å². The van der Waals surface area contributed by atoms with E-state index in [4.69, 9.17) is 0 Å². The van der Waals surface area contributed by atoms with E-state index in [9.17, 15) is 67.1 Å². The van der Waals surface area contributed by atoms with Gasteiger partial charge < -0.3 is 79.8 Å². The lowest BCUT2D eigenvalue weighted by Crippen LogP contribution is -2.32. The second-order valence-corrected chi connectivity index (χ2v) is 21.2. The van der Waals surface area contributed by atoms with Crippen molar-refractivity contribution in [1.29, 1.82) is 0 Å². The lowest BCUT2D eigenvalue weighted by Gasteiger charge is -2.12. The highest BCUT2D eigenvalue weighted by Crippen LogP contribution is 2.09. The maximum Gasteiger partial charge on any atom is 0.252 e. The number of benzene rings is 5. The summed E-state index contributed by atoms with van der Waals surface area (Å²) in [4.78, 5) is 155. The van der Waals surface area contributed by atoms with Crippen molar-refractivity contribution in [2.45, 2.75) is 195 Å². The van der Waals surface area contributed by atoms with Crippen LogP contribution in [0.25, 0.3) is 0 Å². The van der Waals surface area contributed by atoms with E-state index < -0.39 is 0 Å². The Bertz CT molecular complexity index is 3250. The summed E-state index contributed by atoms with van der Waals surface area (Å²) in [5.41, 5.74) is 5.64. The molecule has 0 saturated heterocycles. The molecule has 684 valence electrons. The summed E-state index contributed by atoms with van der Waals surface area (Å²) in [6.45, 7) is 14.8. The van der Waals surface area contributed by atoms with Gasteiger partial charge in [0, 0.05) is 69.2 Å². The zero-order valence-corrected chi connectivity index (χ0v) is 59.4. The van der Waals surface area contributed by atoms with Crippen LogP contribution < -0.4 is 79.8 Å².